The van der Waals surface area contributed by atoms with Gasteiger partial charge >= 0.3 is 0 Å². The van der Waals surface area contributed by atoms with Crippen molar-refractivity contribution in [3.05, 3.63) is 64.5 Å². The molecular formula is C15H12FN3O2. The van der Waals surface area contributed by atoms with E-state index in [2.05, 4.69) is 0 Å². The molecule has 21 heavy (non-hydrogen) atoms. The minimum absolute atomic E-state index is 0.125. The largest absolute Gasteiger partial charge is 0.332 e. The van der Waals surface area contributed by atoms with E-state index in [9.17, 15) is 14.5 Å². The average molecular weight is 285 g/mol. The number of anilines is 2. The summed E-state index contributed by atoms with van der Waals surface area (Å²) in [5.41, 5.74) is 0.351. The van der Waals surface area contributed by atoms with Crippen molar-refractivity contribution in [3.8, 4) is 6.07 Å². The number of para-hydroxylation sites is 3. The van der Waals surface area contributed by atoms with Gasteiger partial charge in [0.1, 0.15) is 11.5 Å². The summed E-state index contributed by atoms with van der Waals surface area (Å²) in [5.74, 6) is -0.492. The van der Waals surface area contributed by atoms with E-state index >= 15 is 0 Å². The molecule has 0 N–H and O–H groups in total. The van der Waals surface area contributed by atoms with Gasteiger partial charge in [-0.2, -0.15) is 5.26 Å². The summed E-state index contributed by atoms with van der Waals surface area (Å²) >= 11 is 0. The first-order valence-corrected chi connectivity index (χ1v) is 6.27. The maximum Gasteiger partial charge on any atom is 0.292 e. The number of nitrogens with zero attached hydrogens (tertiary/aromatic N) is 3. The number of benzene rings is 2. The molecule has 5 nitrogen and oxygen atoms in total. The van der Waals surface area contributed by atoms with Crippen LogP contribution >= 0.6 is 0 Å². The summed E-state index contributed by atoms with van der Waals surface area (Å²) in [6, 6.07) is 14.1. The number of nitriles is 1. The summed E-state index contributed by atoms with van der Waals surface area (Å²) in [5, 5.41) is 19.9. The Hall–Kier alpha value is -2.94. The van der Waals surface area contributed by atoms with Crippen LogP contribution < -0.4 is 4.90 Å². The van der Waals surface area contributed by atoms with Crippen LogP contribution in [0.5, 0.6) is 0 Å². The predicted octanol–water partition coefficient (Wildman–Crippen LogP) is 3.79. The molecule has 2 rings (SSSR count). The third-order valence-corrected chi connectivity index (χ3v) is 2.96. The molecule has 0 fully saturated rings. The number of hydrogen-bond acceptors (Lipinski definition) is 4. The van der Waals surface area contributed by atoms with Gasteiger partial charge in [-0.15, -0.1) is 0 Å². The maximum atomic E-state index is 14.0. The molecule has 0 saturated carbocycles. The van der Waals surface area contributed by atoms with Crippen molar-refractivity contribution in [2.45, 2.75) is 6.42 Å². The van der Waals surface area contributed by atoms with Crippen LogP contribution in [-0.2, 0) is 0 Å². The van der Waals surface area contributed by atoms with Crippen LogP contribution in [0, 0.1) is 27.3 Å². The molecule has 6 heteroatoms. The van der Waals surface area contributed by atoms with Crippen LogP contribution in [0.2, 0.25) is 0 Å². The smallest absolute Gasteiger partial charge is 0.292 e. The molecule has 2 aromatic rings. The van der Waals surface area contributed by atoms with Gasteiger partial charge in [0.2, 0.25) is 0 Å². The highest BCUT2D eigenvalue weighted by molar-refractivity contribution is 5.72. The fourth-order valence-corrected chi connectivity index (χ4v) is 2.05. The fraction of sp³-hybridized carbons (Fsp3) is 0.133. The highest BCUT2D eigenvalue weighted by Crippen LogP contribution is 2.34. The molecule has 0 radical (unpaired) electrons. The van der Waals surface area contributed by atoms with Crippen LogP contribution in [0.1, 0.15) is 6.42 Å². The Morgan fingerprint density at radius 1 is 1.14 bits per heavy atom. The second kappa shape index (κ2) is 6.48. The second-order valence-corrected chi connectivity index (χ2v) is 4.26. The molecule has 0 saturated heterocycles. The molecule has 0 aliphatic carbocycles. The zero-order valence-corrected chi connectivity index (χ0v) is 11.1. The molecule has 0 bridgehead atoms. The second-order valence-electron chi connectivity index (χ2n) is 4.26. The van der Waals surface area contributed by atoms with Crippen molar-refractivity contribution in [3.63, 3.8) is 0 Å². The van der Waals surface area contributed by atoms with Crippen LogP contribution in [0.25, 0.3) is 0 Å². The Labute approximate surface area is 121 Å². The van der Waals surface area contributed by atoms with E-state index in [4.69, 9.17) is 5.26 Å². The Bertz CT molecular complexity index is 697. The lowest BCUT2D eigenvalue weighted by Gasteiger charge is -2.24. The third kappa shape index (κ3) is 3.15. The molecule has 0 heterocycles. The first-order chi connectivity index (χ1) is 10.1. The van der Waals surface area contributed by atoms with Crippen LogP contribution in [0.3, 0.4) is 0 Å². The minimum Gasteiger partial charge on any atom is -0.332 e. The highest BCUT2D eigenvalue weighted by Gasteiger charge is 2.21. The van der Waals surface area contributed by atoms with E-state index < -0.39 is 10.7 Å². The molecule has 0 aromatic heterocycles. The number of rotatable bonds is 5. The van der Waals surface area contributed by atoms with Gasteiger partial charge in [0, 0.05) is 12.6 Å². The van der Waals surface area contributed by atoms with Crippen LogP contribution in [0.4, 0.5) is 21.5 Å². The lowest BCUT2D eigenvalue weighted by Crippen LogP contribution is -2.20. The van der Waals surface area contributed by atoms with Crippen LogP contribution in [-0.4, -0.2) is 11.5 Å². The summed E-state index contributed by atoms with van der Waals surface area (Å²) in [7, 11) is 0. The normalized spacial score (nSPS) is 9.90. The van der Waals surface area contributed by atoms with Crippen molar-refractivity contribution < 1.29 is 9.31 Å². The highest BCUT2D eigenvalue weighted by atomic mass is 19.1. The van der Waals surface area contributed by atoms with Crippen molar-refractivity contribution in [1.82, 2.24) is 0 Å². The topological polar surface area (TPSA) is 70.2 Å². The van der Waals surface area contributed by atoms with E-state index in [1.807, 2.05) is 6.07 Å². The molecular weight excluding hydrogens is 273 g/mol. The third-order valence-electron chi connectivity index (χ3n) is 2.96. The SMILES string of the molecule is N#CCCN(c1ccccc1F)c1ccccc1[N+](=O)[O-]. The number of nitro benzene ring substituents is 1. The molecule has 0 atom stereocenters. The molecule has 2 aromatic carbocycles. The van der Waals surface area contributed by atoms with Crippen LogP contribution in [0.15, 0.2) is 48.5 Å². The quantitative estimate of drug-likeness (QED) is 0.619. The van der Waals surface area contributed by atoms with Crippen molar-refractivity contribution in [1.29, 1.82) is 5.26 Å². The predicted molar refractivity (Wildman–Crippen MR) is 76.7 cm³/mol. The first-order valence-electron chi connectivity index (χ1n) is 6.27. The Kier molecular flexibility index (Phi) is 4.46. The lowest BCUT2D eigenvalue weighted by atomic mass is 10.2. The molecule has 0 unspecified atom stereocenters. The molecule has 0 aliphatic heterocycles. The van der Waals surface area contributed by atoms with Gasteiger partial charge in [0.25, 0.3) is 5.69 Å². The van der Waals surface area contributed by atoms with Gasteiger partial charge in [-0.25, -0.2) is 4.39 Å². The van der Waals surface area contributed by atoms with Gasteiger partial charge in [0.15, 0.2) is 0 Å². The maximum absolute atomic E-state index is 14.0. The van der Waals surface area contributed by atoms with Crippen molar-refractivity contribution in [2.24, 2.45) is 0 Å². The van der Waals surface area contributed by atoms with Gasteiger partial charge in [-0.1, -0.05) is 24.3 Å². The van der Waals surface area contributed by atoms with E-state index in [0.29, 0.717) is 0 Å². The Morgan fingerprint density at radius 2 is 1.76 bits per heavy atom. The molecule has 0 spiro atoms. The summed E-state index contributed by atoms with van der Waals surface area (Å²) < 4.78 is 14.0. The van der Waals surface area contributed by atoms with Gasteiger partial charge < -0.3 is 4.90 Å². The summed E-state index contributed by atoms with van der Waals surface area (Å²) in [6.07, 6.45) is 0.125. The van der Waals surface area contributed by atoms with E-state index in [1.54, 1.807) is 30.3 Å². The van der Waals surface area contributed by atoms with E-state index in [-0.39, 0.29) is 30.0 Å². The summed E-state index contributed by atoms with van der Waals surface area (Å²) in [4.78, 5) is 12.1. The Balaban J connectivity index is 2.54. The standard InChI is InChI=1S/C15H12FN3O2/c16-12-6-1-2-7-13(12)18(11-5-10-17)14-8-3-4-9-15(14)19(20)21/h1-4,6-9H,5,11H2. The number of halogens is 1. The lowest BCUT2D eigenvalue weighted by molar-refractivity contribution is -0.384. The molecule has 106 valence electrons. The van der Waals surface area contributed by atoms with Gasteiger partial charge in [0.05, 0.1) is 23.1 Å². The minimum atomic E-state index is -0.518. The van der Waals surface area contributed by atoms with Crippen molar-refractivity contribution >= 4 is 17.1 Å². The summed E-state index contributed by atoms with van der Waals surface area (Å²) in [6.45, 7) is 0.169. The Morgan fingerprint density at radius 3 is 2.38 bits per heavy atom. The average Bonchev–Trinajstić information content (AvgIpc) is 2.49. The zero-order valence-electron chi connectivity index (χ0n) is 11.1. The first kappa shape index (κ1) is 14.5. The number of nitro groups is 1. The zero-order chi connectivity index (χ0) is 15.2. The molecule has 0 aliphatic rings. The van der Waals surface area contributed by atoms with Crippen molar-refractivity contribution in [2.75, 3.05) is 11.4 Å². The monoisotopic (exact) mass is 285 g/mol. The fourth-order valence-electron chi connectivity index (χ4n) is 2.05. The van der Waals surface area contributed by atoms with Gasteiger partial charge in [-0.05, 0) is 18.2 Å². The van der Waals surface area contributed by atoms with Gasteiger partial charge in [-0.3, -0.25) is 10.1 Å². The van der Waals surface area contributed by atoms with E-state index in [1.165, 1.54) is 23.1 Å². The molecule has 0 amide bonds. The van der Waals surface area contributed by atoms with E-state index in [0.717, 1.165) is 0 Å². The number of hydrogen-bond donors (Lipinski definition) is 0.